The monoisotopic (exact) mass is 341 g/mol. The normalized spacial score (nSPS) is 12.2. The van der Waals surface area contributed by atoms with E-state index in [1.807, 2.05) is 22.9 Å². The number of nitrogens with zero attached hydrogens (tertiary/aromatic N) is 2. The van der Waals surface area contributed by atoms with Crippen LogP contribution in [-0.2, 0) is 11.5 Å². The number of fused-ring (bicyclic) bond motifs is 1. The van der Waals surface area contributed by atoms with Gasteiger partial charge < -0.3 is 10.5 Å². The summed E-state index contributed by atoms with van der Waals surface area (Å²) in [7, 11) is -1.04. The summed E-state index contributed by atoms with van der Waals surface area (Å²) in [6.45, 7) is 8.27. The lowest BCUT2D eigenvalue weighted by atomic mass is 10.2. The third-order valence-corrected chi connectivity index (χ3v) is 5.15. The van der Waals surface area contributed by atoms with Gasteiger partial charge in [-0.25, -0.2) is 4.68 Å². The number of nitrogen functional groups attached to an aromatic ring is 1. The average Bonchev–Trinajstić information content (AvgIpc) is 2.60. The van der Waals surface area contributed by atoms with Crippen molar-refractivity contribution >= 4 is 40.7 Å². The van der Waals surface area contributed by atoms with Crippen molar-refractivity contribution in [3.8, 4) is 0 Å². The third-order valence-electron chi connectivity index (χ3n) is 2.95. The van der Waals surface area contributed by atoms with E-state index in [2.05, 4.69) is 40.7 Å². The minimum absolute atomic E-state index is 0.458. The van der Waals surface area contributed by atoms with Crippen molar-refractivity contribution < 1.29 is 4.74 Å². The van der Waals surface area contributed by atoms with Crippen LogP contribution in [0.15, 0.2) is 22.7 Å². The summed E-state index contributed by atoms with van der Waals surface area (Å²) < 4.78 is 8.54. The van der Waals surface area contributed by atoms with Crippen molar-refractivity contribution in [2.75, 3.05) is 12.3 Å². The minimum Gasteiger partial charge on any atom is -0.382 e. The molecule has 0 amide bonds. The van der Waals surface area contributed by atoms with Crippen molar-refractivity contribution in [3.63, 3.8) is 0 Å². The van der Waals surface area contributed by atoms with Crippen molar-refractivity contribution in [1.29, 1.82) is 0 Å². The van der Waals surface area contributed by atoms with Crippen molar-refractivity contribution in [2.45, 2.75) is 32.4 Å². The first-order valence-electron chi connectivity index (χ1n) is 6.36. The van der Waals surface area contributed by atoms with E-state index in [9.17, 15) is 0 Å². The Hall–Kier alpha value is -0.853. The molecule has 0 atom stereocenters. The van der Waals surface area contributed by atoms with Crippen LogP contribution in [0.3, 0.4) is 0 Å². The van der Waals surface area contributed by atoms with Gasteiger partial charge in [-0.2, -0.15) is 5.10 Å². The van der Waals surface area contributed by atoms with Crippen molar-refractivity contribution in [2.24, 2.45) is 0 Å². The molecule has 2 rings (SSSR count). The summed E-state index contributed by atoms with van der Waals surface area (Å²) in [4.78, 5) is 0. The van der Waals surface area contributed by atoms with E-state index in [4.69, 9.17) is 10.5 Å². The van der Waals surface area contributed by atoms with E-state index in [-0.39, 0.29) is 0 Å². The second-order valence-corrected chi connectivity index (χ2v) is 12.4. The second-order valence-electron chi connectivity index (χ2n) is 5.89. The fraction of sp³-hybridized carbons (Fsp3) is 0.462. The van der Waals surface area contributed by atoms with Crippen LogP contribution >= 0.6 is 15.9 Å². The molecule has 1 heterocycles. The van der Waals surface area contributed by atoms with Gasteiger partial charge in [0.15, 0.2) is 5.82 Å². The van der Waals surface area contributed by atoms with Gasteiger partial charge in [-0.3, -0.25) is 0 Å². The zero-order valence-electron chi connectivity index (χ0n) is 11.6. The number of halogens is 1. The standard InChI is InChI=1S/C13H20BrN3OSi/c1-19(2,3)7-6-18-9-17-12-5-4-10(14)8-11(12)13(15)16-17/h4-5,8H,6-7,9H2,1-3H3,(H2,15,16). The van der Waals surface area contributed by atoms with Gasteiger partial charge in [-0.05, 0) is 24.2 Å². The molecule has 0 unspecified atom stereocenters. The lowest BCUT2D eigenvalue weighted by Gasteiger charge is -2.15. The summed E-state index contributed by atoms with van der Waals surface area (Å²) in [5.74, 6) is 0.546. The first-order chi connectivity index (χ1) is 8.87. The molecule has 2 N–H and O–H groups in total. The number of anilines is 1. The maximum atomic E-state index is 5.92. The number of nitrogens with two attached hydrogens (primary N) is 1. The van der Waals surface area contributed by atoms with E-state index >= 15 is 0 Å². The van der Waals surface area contributed by atoms with E-state index in [0.29, 0.717) is 12.5 Å². The van der Waals surface area contributed by atoms with Gasteiger partial charge in [-0.15, -0.1) is 0 Å². The predicted molar refractivity (Wildman–Crippen MR) is 86.0 cm³/mol. The molecule has 6 heteroatoms. The number of benzene rings is 1. The first-order valence-corrected chi connectivity index (χ1v) is 10.9. The molecule has 0 fully saturated rings. The van der Waals surface area contributed by atoms with E-state index in [1.165, 1.54) is 0 Å². The van der Waals surface area contributed by atoms with Crippen LogP contribution in [0.4, 0.5) is 5.82 Å². The van der Waals surface area contributed by atoms with Crippen LogP contribution in [0.5, 0.6) is 0 Å². The molecule has 2 aromatic rings. The topological polar surface area (TPSA) is 53.1 Å². The first kappa shape index (κ1) is 14.6. The van der Waals surface area contributed by atoms with Gasteiger partial charge in [0.2, 0.25) is 0 Å². The van der Waals surface area contributed by atoms with Crippen LogP contribution < -0.4 is 5.73 Å². The smallest absolute Gasteiger partial charge is 0.153 e. The summed E-state index contributed by atoms with van der Waals surface area (Å²) in [6, 6.07) is 7.14. The van der Waals surface area contributed by atoms with Crippen molar-refractivity contribution in [3.05, 3.63) is 22.7 Å². The Bertz CT molecular complexity index is 577. The van der Waals surface area contributed by atoms with Crippen LogP contribution in [0.2, 0.25) is 25.7 Å². The highest BCUT2D eigenvalue weighted by molar-refractivity contribution is 9.10. The highest BCUT2D eigenvalue weighted by atomic mass is 79.9. The SMILES string of the molecule is C[Si](C)(C)CCOCn1nc(N)c2cc(Br)ccc21. The number of hydrogen-bond acceptors (Lipinski definition) is 3. The predicted octanol–water partition coefficient (Wildman–Crippen LogP) is 3.69. The molecule has 0 radical (unpaired) electrons. The Morgan fingerprint density at radius 2 is 2.11 bits per heavy atom. The van der Waals surface area contributed by atoms with Crippen molar-refractivity contribution in [1.82, 2.24) is 9.78 Å². The Kier molecular flexibility index (Phi) is 4.32. The summed E-state index contributed by atoms with van der Waals surface area (Å²) in [6.07, 6.45) is 0. The second kappa shape index (κ2) is 5.64. The Morgan fingerprint density at radius 1 is 1.37 bits per heavy atom. The Morgan fingerprint density at radius 3 is 2.79 bits per heavy atom. The molecule has 19 heavy (non-hydrogen) atoms. The van der Waals surface area contributed by atoms with Crippen LogP contribution in [0.25, 0.3) is 10.9 Å². The van der Waals surface area contributed by atoms with Gasteiger partial charge in [0.25, 0.3) is 0 Å². The summed E-state index contributed by atoms with van der Waals surface area (Å²) in [5.41, 5.74) is 6.93. The lowest BCUT2D eigenvalue weighted by molar-refractivity contribution is 0.0819. The van der Waals surface area contributed by atoms with Crippen LogP contribution in [0.1, 0.15) is 0 Å². The van der Waals surface area contributed by atoms with Crippen LogP contribution in [-0.4, -0.2) is 24.5 Å². The number of rotatable bonds is 5. The molecule has 0 saturated heterocycles. The maximum absolute atomic E-state index is 5.92. The quantitative estimate of drug-likeness (QED) is 0.666. The highest BCUT2D eigenvalue weighted by Gasteiger charge is 2.13. The fourth-order valence-corrected chi connectivity index (χ4v) is 2.92. The lowest BCUT2D eigenvalue weighted by Crippen LogP contribution is -2.22. The minimum atomic E-state index is -1.04. The summed E-state index contributed by atoms with van der Waals surface area (Å²) >= 11 is 3.44. The largest absolute Gasteiger partial charge is 0.382 e. The third kappa shape index (κ3) is 3.81. The molecule has 0 spiro atoms. The van der Waals surface area contributed by atoms with E-state index in [1.54, 1.807) is 0 Å². The van der Waals surface area contributed by atoms with Crippen LogP contribution in [0, 0.1) is 0 Å². The molecule has 0 aliphatic heterocycles. The zero-order chi connectivity index (χ0) is 14.0. The fourth-order valence-electron chi connectivity index (χ4n) is 1.80. The number of aromatic nitrogens is 2. The average molecular weight is 342 g/mol. The number of ether oxygens (including phenoxy) is 1. The molecule has 1 aromatic carbocycles. The molecular weight excluding hydrogens is 322 g/mol. The van der Waals surface area contributed by atoms with Gasteiger partial charge in [-0.1, -0.05) is 35.6 Å². The molecule has 0 aliphatic rings. The van der Waals surface area contributed by atoms with E-state index in [0.717, 1.165) is 28.0 Å². The molecule has 1 aromatic heterocycles. The molecule has 0 aliphatic carbocycles. The van der Waals surface area contributed by atoms with Gasteiger partial charge >= 0.3 is 0 Å². The molecule has 104 valence electrons. The molecular formula is C13H20BrN3OSi. The number of hydrogen-bond donors (Lipinski definition) is 1. The van der Waals surface area contributed by atoms with Gasteiger partial charge in [0.1, 0.15) is 6.73 Å². The Labute approximate surface area is 123 Å². The molecule has 4 nitrogen and oxygen atoms in total. The zero-order valence-corrected chi connectivity index (χ0v) is 14.2. The van der Waals surface area contributed by atoms with E-state index < -0.39 is 8.07 Å². The maximum Gasteiger partial charge on any atom is 0.153 e. The molecule has 0 bridgehead atoms. The molecule has 0 saturated carbocycles. The highest BCUT2D eigenvalue weighted by Crippen LogP contribution is 2.24. The summed E-state index contributed by atoms with van der Waals surface area (Å²) in [5, 5.41) is 5.29. The van der Waals surface area contributed by atoms with Gasteiger partial charge in [0, 0.05) is 24.5 Å². The van der Waals surface area contributed by atoms with Gasteiger partial charge in [0.05, 0.1) is 5.52 Å². The Balaban J connectivity index is 2.05.